The highest BCUT2D eigenvalue weighted by atomic mass is 32.3. The van der Waals surface area contributed by atoms with Gasteiger partial charge < -0.3 is 11.5 Å². The van der Waals surface area contributed by atoms with Crippen molar-refractivity contribution >= 4 is 31.5 Å². The summed E-state index contributed by atoms with van der Waals surface area (Å²) in [5.74, 6) is -6.47. The van der Waals surface area contributed by atoms with Gasteiger partial charge in [0.2, 0.25) is 11.8 Å². The van der Waals surface area contributed by atoms with Crippen LogP contribution in [0.1, 0.15) is 6.42 Å². The van der Waals surface area contributed by atoms with Crippen molar-refractivity contribution in [1.29, 1.82) is 0 Å². The van der Waals surface area contributed by atoms with Gasteiger partial charge in [0.15, 0.2) is 4.58 Å². The number of nitrogens with two attached hydrogens (primary N) is 2. The Morgan fingerprint density at radius 2 is 1.04 bits per heavy atom. The maximum atomic E-state index is 12.4. The minimum atomic E-state index is -6.96. The first-order chi connectivity index (χ1) is 9.87. The highest BCUT2D eigenvalue weighted by Crippen LogP contribution is 2.38. The molecule has 0 saturated heterocycles. The Labute approximate surface area is 124 Å². The van der Waals surface area contributed by atoms with Crippen LogP contribution >= 0.6 is 0 Å². The molecule has 0 atom stereocenters. The van der Waals surface area contributed by atoms with Crippen LogP contribution in [0.15, 0.2) is 0 Å². The van der Waals surface area contributed by atoms with E-state index in [1.165, 1.54) is 0 Å². The summed E-state index contributed by atoms with van der Waals surface area (Å²) in [6.45, 7) is 0. The summed E-state index contributed by atoms with van der Waals surface area (Å²) in [5, 5.41) is 0. The van der Waals surface area contributed by atoms with E-state index in [9.17, 15) is 52.8 Å². The molecule has 8 nitrogen and oxygen atoms in total. The van der Waals surface area contributed by atoms with Crippen LogP contribution in [0.25, 0.3) is 0 Å². The van der Waals surface area contributed by atoms with Gasteiger partial charge in [0.1, 0.15) is 5.92 Å². The molecule has 0 bridgehead atoms. The van der Waals surface area contributed by atoms with Crippen molar-refractivity contribution in [3.8, 4) is 0 Å². The molecule has 0 saturated carbocycles. The zero-order chi connectivity index (χ0) is 19.0. The van der Waals surface area contributed by atoms with Gasteiger partial charge in [-0.15, -0.1) is 0 Å². The maximum Gasteiger partial charge on any atom is 0.498 e. The van der Waals surface area contributed by atoms with E-state index in [0.717, 1.165) is 0 Å². The van der Waals surface area contributed by atoms with E-state index in [2.05, 4.69) is 11.5 Å². The Bertz CT molecular complexity index is 636. The molecule has 16 heteroatoms. The smallest absolute Gasteiger partial charge is 0.369 e. The second-order valence-electron chi connectivity index (χ2n) is 4.00. The number of carbonyl (C=O) groups is 2. The molecule has 0 rings (SSSR count). The largest absolute Gasteiger partial charge is 0.498 e. The molecule has 2 amide bonds. The van der Waals surface area contributed by atoms with Gasteiger partial charge in [0, 0.05) is 0 Å². The molecule has 0 aliphatic rings. The summed E-state index contributed by atoms with van der Waals surface area (Å²) < 4.78 is 115. The lowest BCUT2D eigenvalue weighted by Crippen LogP contribution is -2.48. The summed E-state index contributed by atoms with van der Waals surface area (Å²) in [6.07, 6.45) is -2.23. The van der Waals surface area contributed by atoms with Gasteiger partial charge in [-0.25, -0.2) is 16.8 Å². The van der Waals surface area contributed by atoms with Crippen molar-refractivity contribution in [3.63, 3.8) is 0 Å². The first kappa shape index (κ1) is 21.4. The zero-order valence-corrected chi connectivity index (χ0v) is 12.2. The highest BCUT2D eigenvalue weighted by molar-refractivity contribution is 8.09. The number of hydrogen-bond donors (Lipinski definition) is 2. The molecule has 0 spiro atoms. The third-order valence-electron chi connectivity index (χ3n) is 2.45. The number of hydrogen-bond acceptors (Lipinski definition) is 6. The van der Waals surface area contributed by atoms with Crippen LogP contribution < -0.4 is 11.5 Å². The van der Waals surface area contributed by atoms with Gasteiger partial charge in [-0.3, -0.25) is 9.59 Å². The Kier molecular flexibility index (Phi) is 5.72. The predicted molar refractivity (Wildman–Crippen MR) is 60.2 cm³/mol. The molecule has 0 aliphatic heterocycles. The van der Waals surface area contributed by atoms with Gasteiger partial charge in [0.25, 0.3) is 19.7 Å². The number of carbonyl (C=O) groups excluding carboxylic acids is 2. The van der Waals surface area contributed by atoms with E-state index in [1.807, 2.05) is 0 Å². The topological polar surface area (TPSA) is 154 Å². The molecule has 0 fully saturated rings. The molecule has 4 N–H and O–H groups in total. The summed E-state index contributed by atoms with van der Waals surface area (Å²) >= 11 is 0. The van der Waals surface area contributed by atoms with Crippen LogP contribution in [0.4, 0.5) is 26.3 Å². The summed E-state index contributed by atoms with van der Waals surface area (Å²) in [4.78, 5) is 21.6. The fourth-order valence-corrected chi connectivity index (χ4v) is 4.76. The Morgan fingerprint density at radius 3 is 1.22 bits per heavy atom. The minimum Gasteiger partial charge on any atom is -0.369 e. The third kappa shape index (κ3) is 4.24. The van der Waals surface area contributed by atoms with Crippen LogP contribution in [-0.4, -0.2) is 44.2 Å². The van der Waals surface area contributed by atoms with E-state index in [4.69, 9.17) is 0 Å². The molecule has 0 heterocycles. The lowest BCUT2D eigenvalue weighted by Gasteiger charge is -2.22. The fourth-order valence-electron chi connectivity index (χ4n) is 1.28. The second kappa shape index (κ2) is 6.14. The van der Waals surface area contributed by atoms with Crippen molar-refractivity contribution in [2.24, 2.45) is 17.4 Å². The molecule has 0 aromatic carbocycles. The number of alkyl halides is 6. The van der Waals surface area contributed by atoms with Gasteiger partial charge in [-0.2, -0.15) is 26.3 Å². The van der Waals surface area contributed by atoms with E-state index in [-0.39, 0.29) is 0 Å². The van der Waals surface area contributed by atoms with Gasteiger partial charge in [0.05, 0.1) is 0 Å². The van der Waals surface area contributed by atoms with E-state index in [1.54, 1.807) is 0 Å². The normalized spacial score (nSPS) is 14.3. The first-order valence-electron chi connectivity index (χ1n) is 5.06. The molecule has 0 unspecified atom stereocenters. The van der Waals surface area contributed by atoms with Crippen LogP contribution in [0.5, 0.6) is 0 Å². The number of rotatable bonds is 6. The lowest BCUT2D eigenvalue weighted by molar-refractivity contribution is -0.131. The quantitative estimate of drug-likeness (QED) is 0.442. The average Bonchev–Trinajstić information content (AvgIpc) is 2.24. The van der Waals surface area contributed by atoms with Crippen molar-refractivity contribution in [3.05, 3.63) is 0 Å². The molecule has 0 aromatic rings. The van der Waals surface area contributed by atoms with E-state index >= 15 is 0 Å². The lowest BCUT2D eigenvalue weighted by atomic mass is 10.1. The number of amides is 2. The monoisotopic (exact) mass is 394 g/mol. The Hall–Kier alpha value is -1.58. The van der Waals surface area contributed by atoms with Crippen molar-refractivity contribution in [2.45, 2.75) is 22.0 Å². The van der Waals surface area contributed by atoms with E-state index < -0.39 is 59.4 Å². The van der Waals surface area contributed by atoms with Crippen LogP contribution in [0.3, 0.4) is 0 Å². The fraction of sp³-hybridized carbons (Fsp3) is 0.714. The summed E-state index contributed by atoms with van der Waals surface area (Å²) in [5.41, 5.74) is -3.82. The number of primary amides is 2. The molecule has 0 radical (unpaired) electrons. The van der Waals surface area contributed by atoms with Crippen molar-refractivity contribution in [1.82, 2.24) is 0 Å². The first-order valence-corrected chi connectivity index (χ1v) is 8.15. The molecule has 136 valence electrons. The van der Waals surface area contributed by atoms with E-state index in [0.29, 0.717) is 0 Å². The minimum absolute atomic E-state index is 1.89. The summed E-state index contributed by atoms with van der Waals surface area (Å²) in [6, 6.07) is 0. The molecule has 0 aromatic heterocycles. The number of sulfone groups is 2. The average molecular weight is 394 g/mol. The predicted octanol–water partition coefficient (Wildman–Crippen LogP) is -0.841. The van der Waals surface area contributed by atoms with Gasteiger partial charge >= 0.3 is 11.0 Å². The second-order valence-corrected chi connectivity index (χ2v) is 8.55. The van der Waals surface area contributed by atoms with Crippen molar-refractivity contribution < 1.29 is 52.8 Å². The third-order valence-corrected chi connectivity index (χ3v) is 7.03. The zero-order valence-electron chi connectivity index (χ0n) is 10.6. The standard InChI is InChI=1S/C7H8F6N2O6S2/c8-6(9,10)22(18,19)3(23(20,21)7(11,12)13)1-2(4(14)16)5(15)17/h2-3H,1H2,(H2,14,16)(H2,15,17). The summed E-state index contributed by atoms with van der Waals surface area (Å²) in [7, 11) is -13.9. The highest BCUT2D eigenvalue weighted by Gasteiger charge is 2.63. The van der Waals surface area contributed by atoms with Crippen LogP contribution in [0, 0.1) is 5.92 Å². The number of halogens is 6. The Morgan fingerprint density at radius 1 is 0.783 bits per heavy atom. The van der Waals surface area contributed by atoms with Gasteiger partial charge in [-0.1, -0.05) is 0 Å². The van der Waals surface area contributed by atoms with Gasteiger partial charge in [-0.05, 0) is 6.42 Å². The van der Waals surface area contributed by atoms with Crippen molar-refractivity contribution in [2.75, 3.05) is 0 Å². The molecular weight excluding hydrogens is 386 g/mol. The molecule has 23 heavy (non-hydrogen) atoms. The van der Waals surface area contributed by atoms with Crippen LogP contribution in [0.2, 0.25) is 0 Å². The Balaban J connectivity index is 6.39. The van der Waals surface area contributed by atoms with Crippen LogP contribution in [-0.2, 0) is 29.3 Å². The molecular formula is C7H8F6N2O6S2. The SMILES string of the molecule is NC(=O)C(CC(S(=O)(=O)C(F)(F)F)S(=O)(=O)C(F)(F)F)C(N)=O. The molecule has 0 aliphatic carbocycles. The maximum absolute atomic E-state index is 12.4.